The SMILES string of the molecule is Cc1cc(NC(=O)[C@H](C)Sc2ncnc3nc[nH]c23)no1. The highest BCUT2D eigenvalue weighted by atomic mass is 32.2. The van der Waals surface area contributed by atoms with Crippen LogP contribution >= 0.6 is 11.8 Å². The van der Waals surface area contributed by atoms with Gasteiger partial charge in [-0.05, 0) is 13.8 Å². The van der Waals surface area contributed by atoms with E-state index in [1.165, 1.54) is 18.1 Å². The second kappa shape index (κ2) is 5.52. The van der Waals surface area contributed by atoms with Crippen LogP contribution in [0.5, 0.6) is 0 Å². The summed E-state index contributed by atoms with van der Waals surface area (Å²) >= 11 is 1.32. The van der Waals surface area contributed by atoms with Crippen LogP contribution in [-0.4, -0.2) is 36.2 Å². The van der Waals surface area contributed by atoms with Gasteiger partial charge in [-0.25, -0.2) is 15.0 Å². The number of anilines is 1. The normalized spacial score (nSPS) is 12.5. The Bertz CT molecular complexity index is 783. The second-order valence-corrected chi connectivity index (χ2v) is 5.68. The van der Waals surface area contributed by atoms with E-state index in [0.29, 0.717) is 22.3 Å². The topological polar surface area (TPSA) is 110 Å². The Morgan fingerprint density at radius 2 is 2.29 bits per heavy atom. The summed E-state index contributed by atoms with van der Waals surface area (Å²) in [5.74, 6) is 0.861. The molecule has 3 aromatic rings. The third-order valence-corrected chi connectivity index (χ3v) is 3.83. The number of rotatable bonds is 4. The molecule has 0 bridgehead atoms. The second-order valence-electron chi connectivity index (χ2n) is 4.35. The molecule has 3 heterocycles. The van der Waals surface area contributed by atoms with E-state index in [4.69, 9.17) is 4.52 Å². The minimum atomic E-state index is -0.358. The number of carbonyl (C=O) groups excluding carboxylic acids is 1. The average Bonchev–Trinajstić information content (AvgIpc) is 3.08. The van der Waals surface area contributed by atoms with Crippen LogP contribution in [0.4, 0.5) is 5.82 Å². The van der Waals surface area contributed by atoms with Gasteiger partial charge in [0.2, 0.25) is 5.91 Å². The van der Waals surface area contributed by atoms with E-state index >= 15 is 0 Å². The number of carbonyl (C=O) groups is 1. The van der Waals surface area contributed by atoms with E-state index in [1.807, 2.05) is 0 Å². The molecule has 0 saturated heterocycles. The van der Waals surface area contributed by atoms with Crippen molar-refractivity contribution < 1.29 is 9.32 Å². The number of hydrogen-bond acceptors (Lipinski definition) is 7. The first-order valence-corrected chi connectivity index (χ1v) is 7.06. The van der Waals surface area contributed by atoms with Gasteiger partial charge in [-0.3, -0.25) is 4.79 Å². The number of nitrogens with one attached hydrogen (secondary N) is 2. The molecular formula is C12H12N6O2S. The molecule has 21 heavy (non-hydrogen) atoms. The number of aryl methyl sites for hydroxylation is 1. The number of H-pyrrole nitrogens is 1. The van der Waals surface area contributed by atoms with Crippen molar-refractivity contribution in [1.82, 2.24) is 25.1 Å². The number of aromatic amines is 1. The van der Waals surface area contributed by atoms with Gasteiger partial charge in [0.15, 0.2) is 11.5 Å². The lowest BCUT2D eigenvalue weighted by Gasteiger charge is -2.09. The standard InChI is InChI=1S/C12H12N6O2S/c1-6-3-8(18-20-6)17-11(19)7(2)21-12-9-10(14-4-13-9)15-5-16-12/h3-5,7H,1-2H3,(H,17,18,19)(H,13,14,15,16)/t7-/m0/s1. The molecule has 3 rings (SSSR count). The molecule has 3 aromatic heterocycles. The van der Waals surface area contributed by atoms with Crippen molar-refractivity contribution in [3.05, 3.63) is 24.5 Å². The van der Waals surface area contributed by atoms with E-state index in [2.05, 4.69) is 30.4 Å². The molecule has 0 aliphatic carbocycles. The van der Waals surface area contributed by atoms with Crippen LogP contribution < -0.4 is 5.32 Å². The van der Waals surface area contributed by atoms with Gasteiger partial charge in [-0.1, -0.05) is 16.9 Å². The van der Waals surface area contributed by atoms with Crippen molar-refractivity contribution in [3.8, 4) is 0 Å². The Balaban J connectivity index is 1.72. The van der Waals surface area contributed by atoms with Crippen LogP contribution in [0.1, 0.15) is 12.7 Å². The number of amides is 1. The van der Waals surface area contributed by atoms with Crippen LogP contribution in [0, 0.1) is 6.92 Å². The van der Waals surface area contributed by atoms with Crippen LogP contribution in [0.3, 0.4) is 0 Å². The van der Waals surface area contributed by atoms with Crippen molar-refractivity contribution in [2.45, 2.75) is 24.1 Å². The minimum absolute atomic E-state index is 0.181. The summed E-state index contributed by atoms with van der Waals surface area (Å²) in [5, 5.41) is 6.74. The largest absolute Gasteiger partial charge is 0.360 e. The van der Waals surface area contributed by atoms with Crippen LogP contribution in [0.2, 0.25) is 0 Å². The van der Waals surface area contributed by atoms with E-state index in [1.54, 1.807) is 26.2 Å². The molecule has 0 fully saturated rings. The van der Waals surface area contributed by atoms with Crippen molar-refractivity contribution in [2.24, 2.45) is 0 Å². The molecule has 0 aliphatic rings. The molecule has 0 radical (unpaired) electrons. The summed E-state index contributed by atoms with van der Waals surface area (Å²) in [7, 11) is 0. The number of aromatic nitrogens is 5. The number of imidazole rings is 1. The van der Waals surface area contributed by atoms with Crippen LogP contribution in [0.25, 0.3) is 11.2 Å². The molecule has 1 amide bonds. The quantitative estimate of drug-likeness (QED) is 0.558. The first kappa shape index (κ1) is 13.6. The highest BCUT2D eigenvalue weighted by Gasteiger charge is 2.18. The first-order valence-electron chi connectivity index (χ1n) is 6.18. The van der Waals surface area contributed by atoms with E-state index in [-0.39, 0.29) is 11.2 Å². The lowest BCUT2D eigenvalue weighted by atomic mass is 10.4. The highest BCUT2D eigenvalue weighted by molar-refractivity contribution is 8.00. The van der Waals surface area contributed by atoms with Gasteiger partial charge >= 0.3 is 0 Å². The lowest BCUT2D eigenvalue weighted by molar-refractivity contribution is -0.115. The molecule has 0 spiro atoms. The summed E-state index contributed by atoms with van der Waals surface area (Å²) in [4.78, 5) is 27.4. The van der Waals surface area contributed by atoms with Crippen molar-refractivity contribution in [1.29, 1.82) is 0 Å². The van der Waals surface area contributed by atoms with E-state index < -0.39 is 0 Å². The minimum Gasteiger partial charge on any atom is -0.360 e. The third kappa shape index (κ3) is 2.87. The fourth-order valence-electron chi connectivity index (χ4n) is 1.71. The average molecular weight is 304 g/mol. The fraction of sp³-hybridized carbons (Fsp3) is 0.250. The Morgan fingerprint density at radius 1 is 1.43 bits per heavy atom. The molecule has 2 N–H and O–H groups in total. The first-order chi connectivity index (χ1) is 10.1. The maximum absolute atomic E-state index is 12.1. The van der Waals surface area contributed by atoms with Crippen molar-refractivity contribution in [3.63, 3.8) is 0 Å². The van der Waals surface area contributed by atoms with E-state index in [0.717, 1.165) is 5.52 Å². The van der Waals surface area contributed by atoms with Crippen molar-refractivity contribution in [2.75, 3.05) is 5.32 Å². The maximum Gasteiger partial charge on any atom is 0.238 e. The predicted molar refractivity (Wildman–Crippen MR) is 76.9 cm³/mol. The number of thioether (sulfide) groups is 1. The van der Waals surface area contributed by atoms with Crippen molar-refractivity contribution >= 4 is 34.7 Å². The number of fused-ring (bicyclic) bond motifs is 1. The zero-order chi connectivity index (χ0) is 14.8. The Kier molecular flexibility index (Phi) is 3.57. The summed E-state index contributed by atoms with van der Waals surface area (Å²) in [5.41, 5.74) is 1.30. The fourth-order valence-corrected chi connectivity index (χ4v) is 2.58. The number of nitrogens with zero attached hydrogens (tertiary/aromatic N) is 4. The maximum atomic E-state index is 12.1. The molecule has 1 atom stereocenters. The van der Waals surface area contributed by atoms with Gasteiger partial charge in [-0.2, -0.15) is 0 Å². The van der Waals surface area contributed by atoms with Crippen LogP contribution in [-0.2, 0) is 4.79 Å². The zero-order valence-electron chi connectivity index (χ0n) is 11.3. The summed E-state index contributed by atoms with van der Waals surface area (Å²) < 4.78 is 4.91. The summed E-state index contributed by atoms with van der Waals surface area (Å²) in [6.07, 6.45) is 2.98. The highest BCUT2D eigenvalue weighted by Crippen LogP contribution is 2.26. The zero-order valence-corrected chi connectivity index (χ0v) is 12.1. The van der Waals surface area contributed by atoms with Gasteiger partial charge < -0.3 is 14.8 Å². The van der Waals surface area contributed by atoms with Crippen LogP contribution in [0.15, 0.2) is 28.3 Å². The summed E-state index contributed by atoms with van der Waals surface area (Å²) in [6.45, 7) is 3.55. The molecule has 9 heteroatoms. The van der Waals surface area contributed by atoms with Gasteiger partial charge in [0.25, 0.3) is 0 Å². The molecule has 0 saturated carbocycles. The Morgan fingerprint density at radius 3 is 3.05 bits per heavy atom. The Labute approximate surface area is 123 Å². The lowest BCUT2D eigenvalue weighted by Crippen LogP contribution is -2.22. The van der Waals surface area contributed by atoms with Gasteiger partial charge in [0.1, 0.15) is 22.6 Å². The van der Waals surface area contributed by atoms with Gasteiger partial charge in [0.05, 0.1) is 11.6 Å². The molecule has 108 valence electrons. The van der Waals surface area contributed by atoms with E-state index in [9.17, 15) is 4.79 Å². The monoisotopic (exact) mass is 304 g/mol. The third-order valence-electron chi connectivity index (χ3n) is 2.73. The predicted octanol–water partition coefficient (Wildman–Crippen LogP) is 1.77. The molecule has 0 unspecified atom stereocenters. The Hall–Kier alpha value is -2.42. The molecule has 0 aliphatic heterocycles. The molecular weight excluding hydrogens is 292 g/mol. The molecule has 8 nitrogen and oxygen atoms in total. The van der Waals surface area contributed by atoms with Gasteiger partial charge in [0, 0.05) is 6.07 Å². The number of hydrogen-bond donors (Lipinski definition) is 2. The van der Waals surface area contributed by atoms with Gasteiger partial charge in [-0.15, -0.1) is 0 Å². The summed E-state index contributed by atoms with van der Waals surface area (Å²) in [6, 6.07) is 1.66. The molecule has 0 aromatic carbocycles. The smallest absolute Gasteiger partial charge is 0.238 e.